The SMILES string of the molecule is COCCS(=O)(=O)/C=C/C(=O)O. The molecule has 0 fully saturated rings. The van der Waals surface area contributed by atoms with E-state index in [-0.39, 0.29) is 12.4 Å². The molecule has 0 aromatic carbocycles. The molecular weight excluding hydrogens is 184 g/mol. The van der Waals surface area contributed by atoms with Gasteiger partial charge in [-0.15, -0.1) is 0 Å². The molecule has 0 bridgehead atoms. The van der Waals surface area contributed by atoms with Crippen molar-refractivity contribution in [2.24, 2.45) is 0 Å². The Labute approximate surface area is 70.6 Å². The minimum atomic E-state index is -3.43. The van der Waals surface area contributed by atoms with Gasteiger partial charge in [-0.05, 0) is 0 Å². The second-order valence-electron chi connectivity index (χ2n) is 2.00. The molecule has 0 radical (unpaired) electrons. The average Bonchev–Trinajstić information content (AvgIpc) is 1.98. The number of ether oxygens (including phenoxy) is 1. The largest absolute Gasteiger partial charge is 0.478 e. The van der Waals surface area contributed by atoms with E-state index in [0.29, 0.717) is 11.5 Å². The van der Waals surface area contributed by atoms with E-state index in [9.17, 15) is 13.2 Å². The normalized spacial score (nSPS) is 12.1. The summed E-state index contributed by atoms with van der Waals surface area (Å²) in [5.74, 6) is -1.48. The third-order valence-corrected chi connectivity index (χ3v) is 2.28. The van der Waals surface area contributed by atoms with Gasteiger partial charge in [0.05, 0.1) is 12.4 Å². The summed E-state index contributed by atoms with van der Waals surface area (Å²) >= 11 is 0. The van der Waals surface area contributed by atoms with Crippen LogP contribution < -0.4 is 0 Å². The molecule has 70 valence electrons. The Bertz CT molecular complexity index is 264. The topological polar surface area (TPSA) is 80.7 Å². The fraction of sp³-hybridized carbons (Fsp3) is 0.500. The maximum absolute atomic E-state index is 10.9. The minimum Gasteiger partial charge on any atom is -0.478 e. The molecule has 0 saturated carbocycles. The molecule has 0 aliphatic carbocycles. The van der Waals surface area contributed by atoms with Crippen LogP contribution in [0, 0.1) is 0 Å². The van der Waals surface area contributed by atoms with Gasteiger partial charge < -0.3 is 9.84 Å². The predicted molar refractivity (Wildman–Crippen MR) is 42.4 cm³/mol. The van der Waals surface area contributed by atoms with Crippen molar-refractivity contribution >= 4 is 15.8 Å². The lowest BCUT2D eigenvalue weighted by atomic mass is 10.7. The van der Waals surface area contributed by atoms with Crippen LogP contribution in [0.3, 0.4) is 0 Å². The van der Waals surface area contributed by atoms with E-state index >= 15 is 0 Å². The van der Waals surface area contributed by atoms with Gasteiger partial charge in [-0.2, -0.15) is 0 Å². The van der Waals surface area contributed by atoms with E-state index in [4.69, 9.17) is 5.11 Å². The molecule has 5 nitrogen and oxygen atoms in total. The van der Waals surface area contributed by atoms with Crippen molar-refractivity contribution in [3.8, 4) is 0 Å². The number of carboxylic acids is 1. The fourth-order valence-electron chi connectivity index (χ4n) is 0.429. The summed E-state index contributed by atoms with van der Waals surface area (Å²) in [6.07, 6.45) is 0.588. The summed E-state index contributed by atoms with van der Waals surface area (Å²) in [7, 11) is -2.05. The Morgan fingerprint density at radius 2 is 2.17 bits per heavy atom. The van der Waals surface area contributed by atoms with E-state index in [1.54, 1.807) is 0 Å². The van der Waals surface area contributed by atoms with Crippen LogP contribution in [0.5, 0.6) is 0 Å². The van der Waals surface area contributed by atoms with Gasteiger partial charge in [-0.3, -0.25) is 0 Å². The van der Waals surface area contributed by atoms with Crippen LogP contribution in [0.4, 0.5) is 0 Å². The van der Waals surface area contributed by atoms with E-state index in [2.05, 4.69) is 4.74 Å². The number of carbonyl (C=O) groups is 1. The molecular formula is C6H10O5S. The monoisotopic (exact) mass is 194 g/mol. The molecule has 0 spiro atoms. The van der Waals surface area contributed by atoms with Gasteiger partial charge in [0.2, 0.25) is 0 Å². The molecule has 1 N–H and O–H groups in total. The zero-order valence-electron chi connectivity index (χ0n) is 6.56. The van der Waals surface area contributed by atoms with Gasteiger partial charge >= 0.3 is 5.97 Å². The summed E-state index contributed by atoms with van der Waals surface area (Å²) < 4.78 is 26.3. The molecule has 0 aliphatic heterocycles. The predicted octanol–water partition coefficient (Wildman–Crippen LogP) is -0.354. The van der Waals surface area contributed by atoms with Crippen LogP contribution in [-0.4, -0.2) is 39.0 Å². The summed E-state index contributed by atoms with van der Waals surface area (Å²) in [6.45, 7) is 0.0618. The number of sulfone groups is 1. The second-order valence-corrected chi connectivity index (χ2v) is 4.01. The molecule has 0 atom stereocenters. The molecule has 0 aliphatic rings. The summed E-state index contributed by atoms with van der Waals surface area (Å²) in [4.78, 5) is 9.94. The van der Waals surface area contributed by atoms with E-state index in [1.165, 1.54) is 7.11 Å². The van der Waals surface area contributed by atoms with Gasteiger partial charge in [0.1, 0.15) is 0 Å². The molecule has 12 heavy (non-hydrogen) atoms. The van der Waals surface area contributed by atoms with Crippen LogP contribution in [0.2, 0.25) is 0 Å². The second kappa shape index (κ2) is 4.89. The van der Waals surface area contributed by atoms with Crippen molar-refractivity contribution in [1.82, 2.24) is 0 Å². The molecule has 0 aromatic rings. The minimum absolute atomic E-state index is 0.0618. The Balaban J connectivity index is 4.14. The zero-order valence-corrected chi connectivity index (χ0v) is 7.37. The van der Waals surface area contributed by atoms with Gasteiger partial charge in [-0.1, -0.05) is 0 Å². The van der Waals surface area contributed by atoms with Gasteiger partial charge in [-0.25, -0.2) is 13.2 Å². The highest BCUT2D eigenvalue weighted by Crippen LogP contribution is 1.92. The van der Waals surface area contributed by atoms with Crippen LogP contribution in [0.15, 0.2) is 11.5 Å². The Morgan fingerprint density at radius 1 is 1.58 bits per heavy atom. The summed E-state index contributed by atoms with van der Waals surface area (Å²) in [5.41, 5.74) is 0. The van der Waals surface area contributed by atoms with Gasteiger partial charge in [0.25, 0.3) is 0 Å². The Hall–Kier alpha value is -0.880. The van der Waals surface area contributed by atoms with Crippen molar-refractivity contribution in [3.05, 3.63) is 11.5 Å². The lowest BCUT2D eigenvalue weighted by Gasteiger charge is -1.95. The van der Waals surface area contributed by atoms with Gasteiger partial charge in [0.15, 0.2) is 9.84 Å². The highest BCUT2D eigenvalue weighted by molar-refractivity contribution is 7.94. The maximum Gasteiger partial charge on any atom is 0.329 e. The first-order chi connectivity index (χ1) is 5.48. The van der Waals surface area contributed by atoms with Crippen LogP contribution in [0.25, 0.3) is 0 Å². The highest BCUT2D eigenvalue weighted by atomic mass is 32.2. The molecule has 0 saturated heterocycles. The third kappa shape index (κ3) is 5.87. The van der Waals surface area contributed by atoms with Crippen LogP contribution >= 0.6 is 0 Å². The number of rotatable bonds is 5. The van der Waals surface area contributed by atoms with Crippen LogP contribution in [0.1, 0.15) is 0 Å². The fourth-order valence-corrected chi connectivity index (χ4v) is 1.29. The molecule has 0 rings (SSSR count). The van der Waals surface area contributed by atoms with Gasteiger partial charge in [0, 0.05) is 18.6 Å². The number of hydrogen-bond acceptors (Lipinski definition) is 4. The Kier molecular flexibility index (Phi) is 4.53. The van der Waals surface area contributed by atoms with E-state index < -0.39 is 15.8 Å². The number of aliphatic carboxylic acids is 1. The molecule has 0 amide bonds. The van der Waals surface area contributed by atoms with E-state index in [0.717, 1.165) is 0 Å². The van der Waals surface area contributed by atoms with Crippen molar-refractivity contribution in [3.63, 3.8) is 0 Å². The van der Waals surface area contributed by atoms with Crippen molar-refractivity contribution in [2.75, 3.05) is 19.5 Å². The summed E-state index contributed by atoms with van der Waals surface area (Å²) in [5, 5.41) is 8.78. The molecule has 0 heterocycles. The van der Waals surface area contributed by atoms with Crippen molar-refractivity contribution in [1.29, 1.82) is 0 Å². The average molecular weight is 194 g/mol. The van der Waals surface area contributed by atoms with Crippen molar-refractivity contribution in [2.45, 2.75) is 0 Å². The molecule has 0 unspecified atom stereocenters. The lowest BCUT2D eigenvalue weighted by Crippen LogP contribution is -2.08. The quantitative estimate of drug-likeness (QED) is 0.605. The van der Waals surface area contributed by atoms with Crippen molar-refractivity contribution < 1.29 is 23.1 Å². The maximum atomic E-state index is 10.9. The number of hydrogen-bond donors (Lipinski definition) is 1. The molecule has 6 heteroatoms. The van der Waals surface area contributed by atoms with Crippen LogP contribution in [-0.2, 0) is 19.4 Å². The first kappa shape index (κ1) is 11.1. The first-order valence-corrected chi connectivity index (χ1v) is 4.82. The van der Waals surface area contributed by atoms with E-state index in [1.807, 2.05) is 0 Å². The summed E-state index contributed by atoms with van der Waals surface area (Å²) in [6, 6.07) is 0. The first-order valence-electron chi connectivity index (χ1n) is 3.10. The molecule has 0 aromatic heterocycles. The number of methoxy groups -OCH3 is 1. The zero-order chi connectivity index (χ0) is 9.61. The number of carboxylic acid groups (broad SMARTS) is 1. The third-order valence-electron chi connectivity index (χ3n) is 0.990. The Morgan fingerprint density at radius 3 is 2.58 bits per heavy atom. The smallest absolute Gasteiger partial charge is 0.329 e. The highest BCUT2D eigenvalue weighted by Gasteiger charge is 2.05. The lowest BCUT2D eigenvalue weighted by molar-refractivity contribution is -0.131. The standard InChI is InChI=1S/C6H10O5S/c1-11-3-5-12(9,10)4-2-6(7)8/h2,4H,3,5H2,1H3,(H,7,8)/b4-2+.